The molecular weight excluding hydrogens is 499 g/mol. The number of nitriles is 1. The van der Waals surface area contributed by atoms with Gasteiger partial charge < -0.3 is 15.0 Å². The molecule has 38 heavy (non-hydrogen) atoms. The summed E-state index contributed by atoms with van der Waals surface area (Å²) in [6, 6.07) is 6.72. The van der Waals surface area contributed by atoms with Crippen molar-refractivity contribution in [2.75, 3.05) is 18.4 Å². The molecule has 0 radical (unpaired) electrons. The van der Waals surface area contributed by atoms with Crippen LogP contribution in [-0.2, 0) is 17.3 Å². The van der Waals surface area contributed by atoms with Gasteiger partial charge >= 0.3 is 12.3 Å². The summed E-state index contributed by atoms with van der Waals surface area (Å²) in [7, 11) is 0. The van der Waals surface area contributed by atoms with Crippen LogP contribution >= 0.6 is 0 Å². The van der Waals surface area contributed by atoms with Gasteiger partial charge in [0.2, 0.25) is 0 Å². The Labute approximate surface area is 219 Å². The van der Waals surface area contributed by atoms with E-state index in [1.165, 1.54) is 16.8 Å². The second-order valence-electron chi connectivity index (χ2n) is 11.7. The number of piperidine rings is 1. The number of hydrogen-bond donors (Lipinski definition) is 1. The lowest BCUT2D eigenvalue weighted by molar-refractivity contribution is -0.141. The molecular formula is C27H32F3N5O3. The second kappa shape index (κ2) is 9.64. The normalized spacial score (nSPS) is 18.1. The van der Waals surface area contributed by atoms with Gasteiger partial charge in [0.15, 0.2) is 11.5 Å². The number of carbonyl (C=O) groups is 2. The summed E-state index contributed by atoms with van der Waals surface area (Å²) in [6.07, 6.45) is -3.68. The van der Waals surface area contributed by atoms with Crippen molar-refractivity contribution in [3.05, 3.63) is 40.7 Å². The third kappa shape index (κ3) is 5.79. The summed E-state index contributed by atoms with van der Waals surface area (Å²) >= 11 is 0. The Balaban J connectivity index is 1.61. The number of anilines is 1. The number of nitrogens with zero attached hydrogens (tertiary/aromatic N) is 4. The average Bonchev–Trinajstić information content (AvgIpc) is 3.17. The zero-order chi connectivity index (χ0) is 28.0. The number of rotatable bonds is 3. The minimum absolute atomic E-state index is 0.0109. The summed E-state index contributed by atoms with van der Waals surface area (Å²) in [4.78, 5) is 26.8. The minimum atomic E-state index is -4.78. The molecule has 2 aromatic rings. The molecule has 1 fully saturated rings. The summed E-state index contributed by atoms with van der Waals surface area (Å²) in [6.45, 7) is 10.0. The van der Waals surface area contributed by atoms with Gasteiger partial charge in [0.1, 0.15) is 11.7 Å². The standard InChI is InChI=1S/C27H32F3N5O3/c1-25(2,3)38-24(37)34-10-8-17(9-11-34)32-19-12-18(7-6-16(19)15-31)35-20-13-26(4,5)14-21(36)22(20)23(33-35)27(28,29)30/h6-7,12,17,32H,8-11,13-14H2,1-5H3. The number of aromatic nitrogens is 2. The van der Waals surface area contributed by atoms with Gasteiger partial charge in [-0.1, -0.05) is 13.8 Å². The number of carbonyl (C=O) groups excluding carboxylic acids is 2. The van der Waals surface area contributed by atoms with Crippen LogP contribution in [0.2, 0.25) is 0 Å². The molecule has 0 spiro atoms. The van der Waals surface area contributed by atoms with E-state index in [1.807, 2.05) is 13.8 Å². The topological polar surface area (TPSA) is 100 Å². The van der Waals surface area contributed by atoms with Crippen molar-refractivity contribution < 1.29 is 27.5 Å². The van der Waals surface area contributed by atoms with Gasteiger partial charge in [-0.25, -0.2) is 9.48 Å². The van der Waals surface area contributed by atoms with Gasteiger partial charge in [0.25, 0.3) is 0 Å². The zero-order valence-corrected chi connectivity index (χ0v) is 22.2. The van der Waals surface area contributed by atoms with Gasteiger partial charge in [0.05, 0.1) is 28.2 Å². The molecule has 1 aliphatic carbocycles. The molecule has 0 unspecified atom stereocenters. The van der Waals surface area contributed by atoms with Gasteiger partial charge in [0, 0.05) is 25.6 Å². The molecule has 2 heterocycles. The third-order valence-corrected chi connectivity index (χ3v) is 6.69. The number of amides is 1. The van der Waals surface area contributed by atoms with Crippen LogP contribution in [0.3, 0.4) is 0 Å². The number of halogens is 3. The maximum Gasteiger partial charge on any atom is 0.435 e. The maximum absolute atomic E-state index is 13.8. The fourth-order valence-corrected chi connectivity index (χ4v) is 4.99. The lowest BCUT2D eigenvalue weighted by atomic mass is 9.75. The van der Waals surface area contributed by atoms with Crippen LogP contribution in [0.5, 0.6) is 0 Å². The molecule has 1 amide bonds. The molecule has 4 rings (SSSR count). The molecule has 1 saturated heterocycles. The molecule has 8 nitrogen and oxygen atoms in total. The number of fused-ring (bicyclic) bond motifs is 1. The number of ether oxygens (including phenoxy) is 1. The molecule has 0 saturated carbocycles. The summed E-state index contributed by atoms with van der Waals surface area (Å²) < 4.78 is 48.1. The van der Waals surface area contributed by atoms with E-state index in [9.17, 15) is 28.0 Å². The number of benzene rings is 1. The predicted octanol–water partition coefficient (Wildman–Crippen LogP) is 5.73. The molecule has 1 N–H and O–H groups in total. The number of alkyl halides is 3. The van der Waals surface area contributed by atoms with Crippen LogP contribution in [0.25, 0.3) is 5.69 Å². The second-order valence-corrected chi connectivity index (χ2v) is 11.7. The summed E-state index contributed by atoms with van der Waals surface area (Å²) in [5, 5.41) is 16.8. The molecule has 2 aliphatic rings. The Morgan fingerprint density at radius 3 is 2.42 bits per heavy atom. The molecule has 204 valence electrons. The summed E-state index contributed by atoms with van der Waals surface area (Å²) in [5.41, 5.74) is -1.31. The average molecular weight is 532 g/mol. The van der Waals surface area contributed by atoms with Crippen LogP contribution in [0.1, 0.15) is 81.2 Å². The highest BCUT2D eigenvalue weighted by Crippen LogP contribution is 2.42. The molecule has 1 aromatic heterocycles. The Morgan fingerprint density at radius 2 is 1.84 bits per heavy atom. The van der Waals surface area contributed by atoms with E-state index >= 15 is 0 Å². The minimum Gasteiger partial charge on any atom is -0.444 e. The molecule has 0 bridgehead atoms. The van der Waals surface area contributed by atoms with Gasteiger partial charge in [-0.05, 0) is 63.6 Å². The Bertz CT molecular complexity index is 1290. The number of ketones is 1. The number of Topliss-reactive ketones (excluding diaryl/α,β-unsaturated/α-hetero) is 1. The largest absolute Gasteiger partial charge is 0.444 e. The third-order valence-electron chi connectivity index (χ3n) is 6.69. The van der Waals surface area contributed by atoms with Crippen molar-refractivity contribution in [2.24, 2.45) is 5.41 Å². The van der Waals surface area contributed by atoms with Crippen molar-refractivity contribution in [1.29, 1.82) is 5.26 Å². The molecule has 1 aromatic carbocycles. The first kappa shape index (κ1) is 27.5. The van der Waals surface area contributed by atoms with Crippen molar-refractivity contribution >= 4 is 17.6 Å². The monoisotopic (exact) mass is 531 g/mol. The Hall–Kier alpha value is -3.55. The predicted molar refractivity (Wildman–Crippen MR) is 134 cm³/mol. The first-order valence-corrected chi connectivity index (χ1v) is 12.6. The van der Waals surface area contributed by atoms with Crippen LogP contribution < -0.4 is 5.32 Å². The van der Waals surface area contributed by atoms with E-state index in [-0.39, 0.29) is 36.2 Å². The SMILES string of the molecule is CC1(C)CC(=O)c2c(C(F)(F)F)nn(-c3ccc(C#N)c(NC4CCN(C(=O)OC(C)(C)C)CC4)c3)c2C1. The van der Waals surface area contributed by atoms with E-state index in [4.69, 9.17) is 4.74 Å². The highest BCUT2D eigenvalue weighted by Gasteiger charge is 2.45. The smallest absolute Gasteiger partial charge is 0.435 e. The quantitative estimate of drug-likeness (QED) is 0.543. The lowest BCUT2D eigenvalue weighted by Gasteiger charge is -2.34. The van der Waals surface area contributed by atoms with Crippen LogP contribution in [0.15, 0.2) is 18.2 Å². The van der Waals surface area contributed by atoms with E-state index < -0.39 is 28.7 Å². The van der Waals surface area contributed by atoms with Gasteiger partial charge in [-0.15, -0.1) is 0 Å². The van der Waals surface area contributed by atoms with Crippen LogP contribution in [-0.4, -0.2) is 51.3 Å². The fourth-order valence-electron chi connectivity index (χ4n) is 4.99. The first-order chi connectivity index (χ1) is 17.6. The molecule has 1 aliphatic heterocycles. The highest BCUT2D eigenvalue weighted by atomic mass is 19.4. The van der Waals surface area contributed by atoms with Crippen molar-refractivity contribution in [3.63, 3.8) is 0 Å². The van der Waals surface area contributed by atoms with Gasteiger partial charge in [-0.2, -0.15) is 23.5 Å². The van der Waals surface area contributed by atoms with Crippen molar-refractivity contribution in [1.82, 2.24) is 14.7 Å². The van der Waals surface area contributed by atoms with E-state index in [1.54, 1.807) is 31.7 Å². The summed E-state index contributed by atoms with van der Waals surface area (Å²) in [5.74, 6) is -0.571. The lowest BCUT2D eigenvalue weighted by Crippen LogP contribution is -2.44. The van der Waals surface area contributed by atoms with E-state index in [2.05, 4.69) is 16.5 Å². The van der Waals surface area contributed by atoms with Crippen LogP contribution in [0, 0.1) is 16.7 Å². The van der Waals surface area contributed by atoms with E-state index in [0.29, 0.717) is 42.9 Å². The Kier molecular flexibility index (Phi) is 6.97. The highest BCUT2D eigenvalue weighted by molar-refractivity contribution is 6.00. The Morgan fingerprint density at radius 1 is 1.18 bits per heavy atom. The van der Waals surface area contributed by atoms with Crippen molar-refractivity contribution in [3.8, 4) is 11.8 Å². The first-order valence-electron chi connectivity index (χ1n) is 12.6. The van der Waals surface area contributed by atoms with Gasteiger partial charge in [-0.3, -0.25) is 4.79 Å². The molecule has 0 atom stereocenters. The maximum atomic E-state index is 13.8. The number of hydrogen-bond acceptors (Lipinski definition) is 6. The van der Waals surface area contributed by atoms with Crippen molar-refractivity contribution in [2.45, 2.75) is 78.1 Å². The van der Waals surface area contributed by atoms with Crippen LogP contribution in [0.4, 0.5) is 23.7 Å². The van der Waals surface area contributed by atoms with E-state index in [0.717, 1.165) is 0 Å². The number of nitrogens with one attached hydrogen (secondary N) is 1. The molecule has 11 heteroatoms. The fraction of sp³-hybridized carbons (Fsp3) is 0.556. The zero-order valence-electron chi connectivity index (χ0n) is 22.2. The number of likely N-dealkylation sites (tertiary alicyclic amines) is 1.